The van der Waals surface area contributed by atoms with Gasteiger partial charge in [0.1, 0.15) is 34.0 Å². The molecule has 47 heavy (non-hydrogen) atoms. The van der Waals surface area contributed by atoms with Crippen molar-refractivity contribution in [3.8, 4) is 45.3 Å². The molecule has 0 saturated carbocycles. The van der Waals surface area contributed by atoms with Gasteiger partial charge in [-0.1, -0.05) is 30.3 Å². The van der Waals surface area contributed by atoms with Gasteiger partial charge in [0.2, 0.25) is 0 Å². The maximum atomic E-state index is 14.7. The third-order valence-corrected chi connectivity index (χ3v) is 12.8. The van der Waals surface area contributed by atoms with Crippen molar-refractivity contribution in [2.75, 3.05) is 21.3 Å². The summed E-state index contributed by atoms with van der Waals surface area (Å²) in [5, 5.41) is 0. The number of ether oxygens (including phenoxy) is 5. The van der Waals surface area contributed by atoms with Crippen LogP contribution in [0.2, 0.25) is 0 Å². The average molecular weight is 651 g/mol. The standard InChI is InChI=1S/C38H34O8S/c1-42-25-12-13-27-24(17-25)15-16-38(47(40,41)26-7-5-4-6-8-26)21-30-33(20-34(38)46-37(30)39)45-36-31(43-2)14-11-22-9-10-23-18-32(44-3)29(27)19-28(23)35(22)36/h4-8,11-14,17-20,30,34H,9-10,15-16,21H2,1-3H3. The van der Waals surface area contributed by atoms with E-state index in [1.54, 1.807) is 57.7 Å². The fraction of sp³-hybridized carbons (Fsp3) is 0.289. The first-order valence-corrected chi connectivity index (χ1v) is 17.2. The molecule has 8 nitrogen and oxygen atoms in total. The minimum atomic E-state index is -4.02. The minimum Gasteiger partial charge on any atom is -0.497 e. The second-order valence-corrected chi connectivity index (χ2v) is 14.8. The zero-order valence-electron chi connectivity index (χ0n) is 26.4. The summed E-state index contributed by atoms with van der Waals surface area (Å²) in [6, 6.07) is 22.5. The van der Waals surface area contributed by atoms with Crippen LogP contribution in [-0.4, -0.2) is 46.6 Å². The third-order valence-electron chi connectivity index (χ3n) is 10.3. The van der Waals surface area contributed by atoms with Gasteiger partial charge >= 0.3 is 5.97 Å². The van der Waals surface area contributed by atoms with E-state index in [2.05, 4.69) is 18.2 Å². The van der Waals surface area contributed by atoms with E-state index in [-0.39, 0.29) is 17.7 Å². The second kappa shape index (κ2) is 10.9. The Labute approximate surface area is 273 Å². The average Bonchev–Trinajstić information content (AvgIpc) is 3.10. The van der Waals surface area contributed by atoms with Crippen LogP contribution in [0.4, 0.5) is 0 Å². The van der Waals surface area contributed by atoms with E-state index in [9.17, 15) is 13.2 Å². The zero-order chi connectivity index (χ0) is 32.5. The second-order valence-electron chi connectivity index (χ2n) is 12.5. The highest BCUT2D eigenvalue weighted by atomic mass is 32.2. The van der Waals surface area contributed by atoms with Crippen molar-refractivity contribution >= 4 is 15.8 Å². The van der Waals surface area contributed by atoms with Gasteiger partial charge in [-0.05, 0) is 108 Å². The number of fused-ring (bicyclic) bond motifs is 2. The summed E-state index contributed by atoms with van der Waals surface area (Å²) < 4.78 is 58.2. The smallest absolute Gasteiger partial charge is 0.317 e. The van der Waals surface area contributed by atoms with Gasteiger partial charge in [-0.2, -0.15) is 0 Å². The fourth-order valence-electron chi connectivity index (χ4n) is 7.82. The topological polar surface area (TPSA) is 97.4 Å². The first kappa shape index (κ1) is 29.6. The lowest BCUT2D eigenvalue weighted by Gasteiger charge is -2.48. The number of sulfone groups is 1. The molecule has 3 unspecified atom stereocenters. The summed E-state index contributed by atoms with van der Waals surface area (Å²) in [5.74, 6) is 1.38. The van der Waals surface area contributed by atoms with Crippen LogP contribution in [0, 0.1) is 5.92 Å². The zero-order valence-corrected chi connectivity index (χ0v) is 27.2. The van der Waals surface area contributed by atoms with Crippen molar-refractivity contribution in [2.45, 2.75) is 47.9 Å². The van der Waals surface area contributed by atoms with Crippen LogP contribution in [0.15, 0.2) is 89.5 Å². The summed E-state index contributed by atoms with van der Waals surface area (Å²) >= 11 is 0. The van der Waals surface area contributed by atoms with Gasteiger partial charge in [0, 0.05) is 11.1 Å². The van der Waals surface area contributed by atoms with E-state index in [1.807, 2.05) is 24.3 Å². The summed E-state index contributed by atoms with van der Waals surface area (Å²) in [6.45, 7) is 0. The van der Waals surface area contributed by atoms with Crippen molar-refractivity contribution in [1.82, 2.24) is 0 Å². The lowest BCUT2D eigenvalue weighted by molar-refractivity contribution is -0.162. The molecule has 4 aliphatic heterocycles. The van der Waals surface area contributed by atoms with Crippen LogP contribution in [0.5, 0.6) is 23.0 Å². The molecule has 1 fully saturated rings. The van der Waals surface area contributed by atoms with Gasteiger partial charge in [0.25, 0.3) is 0 Å². The molecule has 10 rings (SSSR count). The van der Waals surface area contributed by atoms with E-state index in [4.69, 9.17) is 23.7 Å². The predicted molar refractivity (Wildman–Crippen MR) is 176 cm³/mol. The molecular formula is C38H34O8S. The van der Waals surface area contributed by atoms with E-state index < -0.39 is 32.6 Å². The van der Waals surface area contributed by atoms with Crippen LogP contribution in [-0.2, 0) is 38.6 Å². The largest absolute Gasteiger partial charge is 0.497 e. The number of carbonyl (C=O) groups is 1. The molecule has 4 heterocycles. The molecule has 0 amide bonds. The van der Waals surface area contributed by atoms with Gasteiger partial charge < -0.3 is 23.7 Å². The number of aryl methyl sites for hydroxylation is 3. The van der Waals surface area contributed by atoms with Gasteiger partial charge in [-0.3, -0.25) is 4.79 Å². The van der Waals surface area contributed by atoms with E-state index >= 15 is 0 Å². The van der Waals surface area contributed by atoms with Crippen molar-refractivity contribution in [1.29, 1.82) is 0 Å². The van der Waals surface area contributed by atoms with E-state index in [0.29, 0.717) is 29.4 Å². The van der Waals surface area contributed by atoms with Crippen molar-refractivity contribution in [3.63, 3.8) is 0 Å². The molecule has 4 aromatic carbocycles. The molecule has 2 aliphatic carbocycles. The molecule has 6 bridgehead atoms. The Kier molecular flexibility index (Phi) is 6.88. The first-order valence-electron chi connectivity index (χ1n) is 15.8. The number of hydrogen-bond acceptors (Lipinski definition) is 8. The number of esters is 1. The Morgan fingerprint density at radius 3 is 2.28 bits per heavy atom. The highest BCUT2D eigenvalue weighted by Gasteiger charge is 2.61. The Morgan fingerprint density at radius 2 is 1.53 bits per heavy atom. The van der Waals surface area contributed by atoms with Crippen LogP contribution >= 0.6 is 0 Å². The van der Waals surface area contributed by atoms with Crippen LogP contribution < -0.4 is 18.9 Å². The normalized spacial score (nSPS) is 22.3. The van der Waals surface area contributed by atoms with Crippen molar-refractivity contribution in [3.05, 3.63) is 101 Å². The Hall–Kier alpha value is -4.76. The third kappa shape index (κ3) is 4.39. The Bertz CT molecular complexity index is 2080. The van der Waals surface area contributed by atoms with E-state index in [1.165, 1.54) is 0 Å². The first-order chi connectivity index (χ1) is 22.8. The van der Waals surface area contributed by atoms with Crippen LogP contribution in [0.25, 0.3) is 22.3 Å². The van der Waals surface area contributed by atoms with E-state index in [0.717, 1.165) is 57.5 Å². The van der Waals surface area contributed by atoms with Gasteiger partial charge in [-0.25, -0.2) is 8.42 Å². The SMILES string of the molecule is COc1ccc2c(c1)CCC1(S(=O)(=O)c3ccccc3)CC3C(=O)OC1C=C3Oc1c(OC)ccc3c1-c1cc-2c(OC)cc1CC3. The molecule has 4 aromatic rings. The van der Waals surface area contributed by atoms with Crippen molar-refractivity contribution in [2.24, 2.45) is 5.92 Å². The lowest BCUT2D eigenvalue weighted by atomic mass is 9.76. The Morgan fingerprint density at radius 1 is 0.766 bits per heavy atom. The number of benzene rings is 4. The van der Waals surface area contributed by atoms with Crippen LogP contribution in [0.3, 0.4) is 0 Å². The summed E-state index contributed by atoms with van der Waals surface area (Å²) in [7, 11) is 0.855. The molecule has 0 spiro atoms. The number of hydrogen-bond donors (Lipinski definition) is 0. The molecular weight excluding hydrogens is 616 g/mol. The molecule has 1 saturated heterocycles. The monoisotopic (exact) mass is 650 g/mol. The Balaban J connectivity index is 1.43. The number of methoxy groups -OCH3 is 3. The quantitative estimate of drug-likeness (QED) is 0.226. The summed E-state index contributed by atoms with van der Waals surface area (Å²) in [4.78, 5) is 13.7. The van der Waals surface area contributed by atoms with Crippen LogP contribution in [0.1, 0.15) is 29.5 Å². The molecule has 240 valence electrons. The fourth-order valence-corrected chi connectivity index (χ4v) is 9.98. The molecule has 3 atom stereocenters. The predicted octanol–water partition coefficient (Wildman–Crippen LogP) is 6.51. The number of rotatable bonds is 5. The molecule has 0 radical (unpaired) electrons. The number of carbonyl (C=O) groups excluding carboxylic acids is 1. The van der Waals surface area contributed by atoms with Crippen molar-refractivity contribution < 1.29 is 36.9 Å². The maximum absolute atomic E-state index is 14.7. The molecule has 0 N–H and O–H groups in total. The summed E-state index contributed by atoms with van der Waals surface area (Å²) in [5.41, 5.74) is 6.78. The molecule has 9 heteroatoms. The van der Waals surface area contributed by atoms with Gasteiger partial charge in [0.05, 0.1) is 26.2 Å². The van der Waals surface area contributed by atoms with Gasteiger partial charge in [-0.15, -0.1) is 0 Å². The highest BCUT2D eigenvalue weighted by molar-refractivity contribution is 7.93. The molecule has 0 aromatic heterocycles. The minimum absolute atomic E-state index is 0.0239. The summed E-state index contributed by atoms with van der Waals surface area (Å²) in [6.07, 6.45) is 2.83. The lowest BCUT2D eigenvalue weighted by Crippen LogP contribution is -2.60. The maximum Gasteiger partial charge on any atom is 0.317 e. The molecule has 6 aliphatic rings. The van der Waals surface area contributed by atoms with Gasteiger partial charge in [0.15, 0.2) is 21.3 Å². The highest BCUT2D eigenvalue weighted by Crippen LogP contribution is 2.54.